The van der Waals surface area contributed by atoms with Crippen molar-refractivity contribution in [3.63, 3.8) is 0 Å². The molecule has 2 N–H and O–H groups in total. The second-order valence-electron chi connectivity index (χ2n) is 5.32. The third-order valence-corrected chi connectivity index (χ3v) is 4.40. The predicted octanol–water partition coefficient (Wildman–Crippen LogP) is 0.532. The summed E-state index contributed by atoms with van der Waals surface area (Å²) in [6, 6.07) is 0. The van der Waals surface area contributed by atoms with E-state index in [4.69, 9.17) is 5.73 Å². The van der Waals surface area contributed by atoms with Crippen molar-refractivity contribution in [3.05, 3.63) is 12.2 Å². The van der Waals surface area contributed by atoms with E-state index in [9.17, 15) is 9.59 Å². The maximum atomic E-state index is 12.2. The minimum Gasteiger partial charge on any atom is -0.330 e. The van der Waals surface area contributed by atoms with Crippen molar-refractivity contribution >= 4 is 11.8 Å². The van der Waals surface area contributed by atoms with E-state index in [0.29, 0.717) is 24.9 Å². The minimum absolute atomic E-state index is 0.0459. The van der Waals surface area contributed by atoms with Crippen LogP contribution in [0.1, 0.15) is 19.3 Å². The zero-order valence-corrected chi connectivity index (χ0v) is 9.84. The summed E-state index contributed by atoms with van der Waals surface area (Å²) in [5, 5.41) is 0. The number of fused-ring (bicyclic) bond motifs is 5. The number of rotatable bonds is 4. The molecule has 4 heteroatoms. The normalized spacial score (nSPS) is 38.3. The van der Waals surface area contributed by atoms with E-state index < -0.39 is 0 Å². The molecule has 1 saturated carbocycles. The van der Waals surface area contributed by atoms with Crippen molar-refractivity contribution in [1.29, 1.82) is 0 Å². The number of imide groups is 1. The number of amides is 2. The van der Waals surface area contributed by atoms with Crippen molar-refractivity contribution in [2.24, 2.45) is 29.4 Å². The highest BCUT2D eigenvalue weighted by molar-refractivity contribution is 6.06. The van der Waals surface area contributed by atoms with Gasteiger partial charge in [-0.1, -0.05) is 12.2 Å². The van der Waals surface area contributed by atoms with E-state index >= 15 is 0 Å². The summed E-state index contributed by atoms with van der Waals surface area (Å²) in [6.45, 7) is 1.18. The predicted molar refractivity (Wildman–Crippen MR) is 62.7 cm³/mol. The molecular formula is C13H18N2O2. The lowest BCUT2D eigenvalue weighted by atomic mass is 9.85. The molecule has 0 aromatic rings. The summed E-state index contributed by atoms with van der Waals surface area (Å²) in [5.41, 5.74) is 5.43. The van der Waals surface area contributed by atoms with Crippen LogP contribution in [0, 0.1) is 23.7 Å². The quantitative estimate of drug-likeness (QED) is 0.438. The molecule has 3 rings (SSSR count). The summed E-state index contributed by atoms with van der Waals surface area (Å²) in [6.07, 6.45) is 6.96. The molecule has 2 bridgehead atoms. The van der Waals surface area contributed by atoms with Gasteiger partial charge in [0, 0.05) is 6.54 Å². The zero-order valence-electron chi connectivity index (χ0n) is 9.84. The molecule has 2 aliphatic carbocycles. The molecule has 1 saturated heterocycles. The van der Waals surface area contributed by atoms with E-state index in [2.05, 4.69) is 12.2 Å². The Bertz CT molecular complexity index is 361. The lowest BCUT2D eigenvalue weighted by Gasteiger charge is -2.16. The first kappa shape index (κ1) is 11.0. The van der Waals surface area contributed by atoms with Gasteiger partial charge in [0.25, 0.3) is 0 Å². The molecule has 1 aliphatic heterocycles. The van der Waals surface area contributed by atoms with Crippen molar-refractivity contribution in [3.8, 4) is 0 Å². The van der Waals surface area contributed by atoms with Gasteiger partial charge >= 0.3 is 0 Å². The molecule has 0 radical (unpaired) electrons. The Labute approximate surface area is 101 Å². The van der Waals surface area contributed by atoms with E-state index in [-0.39, 0.29) is 23.7 Å². The second kappa shape index (κ2) is 3.95. The zero-order chi connectivity index (χ0) is 12.0. The monoisotopic (exact) mass is 234 g/mol. The smallest absolute Gasteiger partial charge is 0.233 e. The summed E-state index contributed by atoms with van der Waals surface area (Å²) in [4.78, 5) is 25.9. The van der Waals surface area contributed by atoms with E-state index in [1.807, 2.05) is 0 Å². The number of carbonyl (C=O) groups is 2. The molecule has 4 atom stereocenters. The van der Waals surface area contributed by atoms with Crippen molar-refractivity contribution in [1.82, 2.24) is 4.90 Å². The van der Waals surface area contributed by atoms with Gasteiger partial charge in [-0.15, -0.1) is 0 Å². The fourth-order valence-corrected chi connectivity index (χ4v) is 3.60. The van der Waals surface area contributed by atoms with Crippen LogP contribution in [0.25, 0.3) is 0 Å². The number of likely N-dealkylation sites (tertiary alicyclic amines) is 1. The Kier molecular flexibility index (Phi) is 2.54. The summed E-state index contributed by atoms with van der Waals surface area (Å²) in [7, 11) is 0. The van der Waals surface area contributed by atoms with Crippen molar-refractivity contribution in [2.75, 3.05) is 13.1 Å². The summed E-state index contributed by atoms with van der Waals surface area (Å²) in [5.74, 6) is 0.676. The average Bonchev–Trinajstić information content (AvgIpc) is 2.97. The van der Waals surface area contributed by atoms with Crippen LogP contribution in [0.2, 0.25) is 0 Å². The number of allylic oxidation sites excluding steroid dienone is 2. The number of hydrogen-bond acceptors (Lipinski definition) is 3. The third kappa shape index (κ3) is 1.47. The van der Waals surface area contributed by atoms with Crippen LogP contribution in [0.4, 0.5) is 0 Å². The van der Waals surface area contributed by atoms with Crippen LogP contribution >= 0.6 is 0 Å². The van der Waals surface area contributed by atoms with Gasteiger partial charge in [-0.3, -0.25) is 14.5 Å². The molecule has 1 heterocycles. The molecule has 0 aromatic carbocycles. The maximum absolute atomic E-state index is 12.2. The van der Waals surface area contributed by atoms with Crippen LogP contribution in [0.3, 0.4) is 0 Å². The van der Waals surface area contributed by atoms with Gasteiger partial charge < -0.3 is 5.73 Å². The number of hydrogen-bond donors (Lipinski definition) is 1. The second-order valence-corrected chi connectivity index (χ2v) is 5.32. The number of carbonyl (C=O) groups excluding carboxylic acids is 2. The first-order valence-electron chi connectivity index (χ1n) is 6.47. The molecular weight excluding hydrogens is 216 g/mol. The van der Waals surface area contributed by atoms with Gasteiger partial charge in [0.1, 0.15) is 0 Å². The standard InChI is InChI=1S/C13H18N2O2/c14-5-1-2-6-15-12(16)10-8-3-4-9(7-8)11(10)13(15)17/h3-4,8-11H,1-2,5-7,14H2/t8-,9+,10-,11+. The lowest BCUT2D eigenvalue weighted by molar-refractivity contribution is -0.140. The van der Waals surface area contributed by atoms with E-state index in [0.717, 1.165) is 19.3 Å². The molecule has 92 valence electrons. The third-order valence-electron chi connectivity index (χ3n) is 4.40. The van der Waals surface area contributed by atoms with Crippen molar-refractivity contribution in [2.45, 2.75) is 19.3 Å². The lowest BCUT2D eigenvalue weighted by Crippen LogP contribution is -2.34. The largest absolute Gasteiger partial charge is 0.330 e. The Hall–Kier alpha value is -1.16. The average molecular weight is 234 g/mol. The molecule has 0 unspecified atom stereocenters. The molecule has 17 heavy (non-hydrogen) atoms. The highest BCUT2D eigenvalue weighted by Crippen LogP contribution is 2.52. The number of nitrogens with two attached hydrogens (primary N) is 1. The molecule has 4 nitrogen and oxygen atoms in total. The van der Waals surface area contributed by atoms with Gasteiger partial charge in [0.2, 0.25) is 11.8 Å². The minimum atomic E-state index is -0.0459. The Balaban J connectivity index is 1.74. The summed E-state index contributed by atoms with van der Waals surface area (Å²) >= 11 is 0. The Morgan fingerprint density at radius 2 is 1.71 bits per heavy atom. The van der Waals surface area contributed by atoms with Gasteiger partial charge in [0.15, 0.2) is 0 Å². The Morgan fingerprint density at radius 1 is 1.12 bits per heavy atom. The molecule has 0 aromatic heterocycles. The molecule has 0 spiro atoms. The highest BCUT2D eigenvalue weighted by Gasteiger charge is 2.58. The first-order chi connectivity index (χ1) is 8.24. The Morgan fingerprint density at radius 3 is 2.24 bits per heavy atom. The fraction of sp³-hybridized carbons (Fsp3) is 0.692. The van der Waals surface area contributed by atoms with Crippen LogP contribution in [0.15, 0.2) is 12.2 Å². The highest BCUT2D eigenvalue weighted by atomic mass is 16.2. The topological polar surface area (TPSA) is 63.4 Å². The fourth-order valence-electron chi connectivity index (χ4n) is 3.60. The van der Waals surface area contributed by atoms with Gasteiger partial charge in [-0.25, -0.2) is 0 Å². The van der Waals surface area contributed by atoms with Gasteiger partial charge in [0.05, 0.1) is 11.8 Å². The SMILES string of the molecule is NCCCCN1C(=O)[C@@H]2[C@H](C1=O)[C@@H]1C=C[C@H]2C1. The van der Waals surface area contributed by atoms with Crippen LogP contribution < -0.4 is 5.73 Å². The van der Waals surface area contributed by atoms with Crippen LogP contribution in [0.5, 0.6) is 0 Å². The molecule has 2 amide bonds. The van der Waals surface area contributed by atoms with Crippen molar-refractivity contribution < 1.29 is 9.59 Å². The molecule has 3 aliphatic rings. The molecule has 2 fully saturated rings. The van der Waals surface area contributed by atoms with Crippen LogP contribution in [-0.4, -0.2) is 29.8 Å². The number of unbranched alkanes of at least 4 members (excludes halogenated alkanes) is 1. The number of nitrogens with zero attached hydrogens (tertiary/aromatic N) is 1. The van der Waals surface area contributed by atoms with E-state index in [1.54, 1.807) is 0 Å². The first-order valence-corrected chi connectivity index (χ1v) is 6.47. The van der Waals surface area contributed by atoms with Gasteiger partial charge in [-0.2, -0.15) is 0 Å². The van der Waals surface area contributed by atoms with Gasteiger partial charge in [-0.05, 0) is 37.6 Å². The maximum Gasteiger partial charge on any atom is 0.233 e. The summed E-state index contributed by atoms with van der Waals surface area (Å²) < 4.78 is 0. The van der Waals surface area contributed by atoms with Crippen LogP contribution in [-0.2, 0) is 9.59 Å². The van der Waals surface area contributed by atoms with E-state index in [1.165, 1.54) is 4.90 Å².